The van der Waals surface area contributed by atoms with Gasteiger partial charge in [0.2, 0.25) is 10.0 Å². The first-order valence-corrected chi connectivity index (χ1v) is 8.39. The summed E-state index contributed by atoms with van der Waals surface area (Å²) < 4.78 is 28.6. The van der Waals surface area contributed by atoms with Crippen molar-refractivity contribution in [2.24, 2.45) is 0 Å². The lowest BCUT2D eigenvalue weighted by Gasteiger charge is -2.06. The van der Waals surface area contributed by atoms with Gasteiger partial charge in [-0.3, -0.25) is 4.98 Å². The number of sulfonamides is 1. The van der Waals surface area contributed by atoms with Gasteiger partial charge in [0.1, 0.15) is 6.07 Å². The third-order valence-corrected chi connectivity index (χ3v) is 4.65. The Balaban J connectivity index is 1.76. The number of hydrogen-bond acceptors (Lipinski definition) is 6. The summed E-state index contributed by atoms with van der Waals surface area (Å²) in [4.78, 5) is 3.92. The van der Waals surface area contributed by atoms with E-state index in [1.54, 1.807) is 42.9 Å². The molecule has 0 amide bonds. The molecule has 0 aliphatic heterocycles. The SMILES string of the molecule is N#Cc1ccccc1S(=O)(=O)NCc1cn(-c2cccnc2)nn1. The Morgan fingerprint density at radius 3 is 2.79 bits per heavy atom. The van der Waals surface area contributed by atoms with Crippen molar-refractivity contribution in [1.82, 2.24) is 24.7 Å². The Morgan fingerprint density at radius 1 is 1.21 bits per heavy atom. The van der Waals surface area contributed by atoms with Crippen LogP contribution in [0.1, 0.15) is 11.3 Å². The quantitative estimate of drug-likeness (QED) is 0.741. The number of nitriles is 1. The minimum Gasteiger partial charge on any atom is -0.262 e. The first kappa shape index (κ1) is 15.8. The second kappa shape index (κ2) is 6.57. The molecule has 120 valence electrons. The van der Waals surface area contributed by atoms with Gasteiger partial charge in [-0.15, -0.1) is 5.10 Å². The maximum absolute atomic E-state index is 12.3. The number of nitrogens with one attached hydrogen (secondary N) is 1. The van der Waals surface area contributed by atoms with Crippen LogP contribution in [0.3, 0.4) is 0 Å². The van der Waals surface area contributed by atoms with Crippen molar-refractivity contribution < 1.29 is 8.42 Å². The molecule has 24 heavy (non-hydrogen) atoms. The molecule has 9 heteroatoms. The molecule has 3 aromatic rings. The number of rotatable bonds is 5. The van der Waals surface area contributed by atoms with Gasteiger partial charge in [0.05, 0.1) is 40.8 Å². The fourth-order valence-electron chi connectivity index (χ4n) is 2.03. The van der Waals surface area contributed by atoms with Crippen molar-refractivity contribution in [3.8, 4) is 11.8 Å². The highest BCUT2D eigenvalue weighted by atomic mass is 32.2. The molecular weight excluding hydrogens is 328 g/mol. The van der Waals surface area contributed by atoms with Crippen molar-refractivity contribution >= 4 is 10.0 Å². The van der Waals surface area contributed by atoms with E-state index >= 15 is 0 Å². The van der Waals surface area contributed by atoms with Crippen LogP contribution in [0.5, 0.6) is 0 Å². The van der Waals surface area contributed by atoms with Crippen LogP contribution in [0.2, 0.25) is 0 Å². The first-order valence-electron chi connectivity index (χ1n) is 6.90. The van der Waals surface area contributed by atoms with E-state index in [4.69, 9.17) is 5.26 Å². The van der Waals surface area contributed by atoms with Gasteiger partial charge in [0.25, 0.3) is 0 Å². The summed E-state index contributed by atoms with van der Waals surface area (Å²) >= 11 is 0. The Morgan fingerprint density at radius 2 is 2.04 bits per heavy atom. The minimum atomic E-state index is -3.82. The van der Waals surface area contributed by atoms with E-state index in [1.165, 1.54) is 16.8 Å². The molecule has 0 spiro atoms. The summed E-state index contributed by atoms with van der Waals surface area (Å²) in [5.41, 5.74) is 1.25. The zero-order valence-corrected chi connectivity index (χ0v) is 13.2. The highest BCUT2D eigenvalue weighted by molar-refractivity contribution is 7.89. The molecule has 2 aromatic heterocycles. The van der Waals surface area contributed by atoms with Crippen LogP contribution < -0.4 is 4.72 Å². The summed E-state index contributed by atoms with van der Waals surface area (Å²) in [5.74, 6) is 0. The van der Waals surface area contributed by atoms with Gasteiger partial charge in [-0.25, -0.2) is 17.8 Å². The summed E-state index contributed by atoms with van der Waals surface area (Å²) in [6, 6.07) is 11.4. The summed E-state index contributed by atoms with van der Waals surface area (Å²) in [5, 5.41) is 16.9. The molecule has 2 heterocycles. The van der Waals surface area contributed by atoms with Crippen LogP contribution in [0.4, 0.5) is 0 Å². The largest absolute Gasteiger partial charge is 0.262 e. The Hall–Kier alpha value is -3.09. The molecule has 0 fully saturated rings. The monoisotopic (exact) mass is 340 g/mol. The van der Waals surface area contributed by atoms with E-state index in [0.717, 1.165) is 0 Å². The van der Waals surface area contributed by atoms with Crippen LogP contribution >= 0.6 is 0 Å². The molecule has 1 aromatic carbocycles. The lowest BCUT2D eigenvalue weighted by molar-refractivity contribution is 0.580. The predicted octanol–water partition coefficient (Wildman–Crippen LogP) is 1.01. The lowest BCUT2D eigenvalue weighted by Crippen LogP contribution is -2.24. The maximum atomic E-state index is 12.3. The summed E-state index contributed by atoms with van der Waals surface area (Å²) in [6.07, 6.45) is 4.86. The highest BCUT2D eigenvalue weighted by Crippen LogP contribution is 2.14. The topological polar surface area (TPSA) is 114 Å². The van der Waals surface area contributed by atoms with Gasteiger partial charge in [0.15, 0.2) is 0 Å². The maximum Gasteiger partial charge on any atom is 0.242 e. The van der Waals surface area contributed by atoms with Crippen molar-refractivity contribution in [2.75, 3.05) is 0 Å². The standard InChI is InChI=1S/C15H12N6O2S/c16-8-12-4-1-2-6-15(12)24(22,23)18-9-13-11-21(20-19-13)14-5-3-7-17-10-14/h1-7,10-11,18H,9H2. The molecule has 0 aliphatic rings. The fraction of sp³-hybridized carbons (Fsp3) is 0.0667. The van der Waals surface area contributed by atoms with Crippen LogP contribution in [-0.2, 0) is 16.6 Å². The van der Waals surface area contributed by atoms with Crippen LogP contribution in [0.15, 0.2) is 59.9 Å². The third-order valence-electron chi connectivity index (χ3n) is 3.19. The number of aromatic nitrogens is 4. The van der Waals surface area contributed by atoms with E-state index in [1.807, 2.05) is 6.07 Å². The molecule has 8 nitrogen and oxygen atoms in total. The second-order valence-corrected chi connectivity index (χ2v) is 6.53. The van der Waals surface area contributed by atoms with E-state index in [2.05, 4.69) is 20.0 Å². The molecule has 0 atom stereocenters. The lowest BCUT2D eigenvalue weighted by atomic mass is 10.2. The molecule has 0 saturated heterocycles. The van der Waals surface area contributed by atoms with Gasteiger partial charge in [0, 0.05) is 6.20 Å². The van der Waals surface area contributed by atoms with Crippen LogP contribution in [0, 0.1) is 11.3 Å². The van der Waals surface area contributed by atoms with E-state index < -0.39 is 10.0 Å². The van der Waals surface area contributed by atoms with Crippen molar-refractivity contribution in [3.63, 3.8) is 0 Å². The Labute approximate surface area is 138 Å². The smallest absolute Gasteiger partial charge is 0.242 e. The molecule has 0 unspecified atom stereocenters. The molecular formula is C15H12N6O2S. The molecule has 0 aliphatic carbocycles. The molecule has 3 rings (SSSR count). The second-order valence-electron chi connectivity index (χ2n) is 4.80. The first-order chi connectivity index (χ1) is 11.6. The van der Waals surface area contributed by atoms with Gasteiger partial charge < -0.3 is 0 Å². The predicted molar refractivity (Wildman–Crippen MR) is 84.3 cm³/mol. The Bertz CT molecular complexity index is 992. The van der Waals surface area contributed by atoms with Crippen LogP contribution in [-0.4, -0.2) is 28.4 Å². The molecule has 0 radical (unpaired) electrons. The van der Waals surface area contributed by atoms with Gasteiger partial charge >= 0.3 is 0 Å². The van der Waals surface area contributed by atoms with E-state index in [9.17, 15) is 8.42 Å². The van der Waals surface area contributed by atoms with Crippen molar-refractivity contribution in [2.45, 2.75) is 11.4 Å². The van der Waals surface area contributed by atoms with E-state index in [-0.39, 0.29) is 17.0 Å². The van der Waals surface area contributed by atoms with E-state index in [0.29, 0.717) is 11.4 Å². The average Bonchev–Trinajstić information content (AvgIpc) is 3.10. The van der Waals surface area contributed by atoms with Crippen molar-refractivity contribution in [1.29, 1.82) is 5.26 Å². The number of nitrogens with zero attached hydrogens (tertiary/aromatic N) is 5. The third kappa shape index (κ3) is 3.29. The minimum absolute atomic E-state index is 0.0393. The van der Waals surface area contributed by atoms with Crippen molar-refractivity contribution in [3.05, 3.63) is 66.2 Å². The molecule has 0 saturated carbocycles. The van der Waals surface area contributed by atoms with Gasteiger partial charge in [-0.1, -0.05) is 17.3 Å². The summed E-state index contributed by atoms with van der Waals surface area (Å²) in [7, 11) is -3.82. The van der Waals surface area contributed by atoms with Gasteiger partial charge in [-0.2, -0.15) is 5.26 Å². The summed E-state index contributed by atoms with van der Waals surface area (Å²) in [6.45, 7) is -0.0393. The van der Waals surface area contributed by atoms with Gasteiger partial charge in [-0.05, 0) is 24.3 Å². The normalized spacial score (nSPS) is 11.1. The average molecular weight is 340 g/mol. The zero-order chi connectivity index (χ0) is 17.0. The number of hydrogen-bond donors (Lipinski definition) is 1. The fourth-order valence-corrected chi connectivity index (χ4v) is 3.19. The Kier molecular flexibility index (Phi) is 4.33. The molecule has 0 bridgehead atoms. The zero-order valence-electron chi connectivity index (χ0n) is 12.4. The number of benzene rings is 1. The highest BCUT2D eigenvalue weighted by Gasteiger charge is 2.18. The molecule has 1 N–H and O–H groups in total. The number of pyridine rings is 1. The van der Waals surface area contributed by atoms with Crippen LogP contribution in [0.25, 0.3) is 5.69 Å².